The predicted molar refractivity (Wildman–Crippen MR) is 115 cm³/mol. The first-order valence-corrected chi connectivity index (χ1v) is 10.5. The van der Waals surface area contributed by atoms with E-state index < -0.39 is 5.91 Å². The fourth-order valence-electron chi connectivity index (χ4n) is 3.73. The minimum absolute atomic E-state index is 0.0285. The van der Waals surface area contributed by atoms with Gasteiger partial charge in [0, 0.05) is 17.0 Å². The molecule has 0 saturated heterocycles. The van der Waals surface area contributed by atoms with Crippen molar-refractivity contribution in [2.45, 2.75) is 25.7 Å². The number of amides is 1. The molecule has 6 heteroatoms. The molecule has 2 aromatic heterocycles. The summed E-state index contributed by atoms with van der Waals surface area (Å²) >= 11 is 1.35. The van der Waals surface area contributed by atoms with E-state index in [1.807, 2.05) is 5.38 Å². The van der Waals surface area contributed by atoms with E-state index in [1.165, 1.54) is 41.4 Å². The van der Waals surface area contributed by atoms with Crippen LogP contribution in [0.3, 0.4) is 0 Å². The molecule has 1 amide bonds. The molecule has 0 aliphatic heterocycles. The van der Waals surface area contributed by atoms with Crippen molar-refractivity contribution in [3.63, 3.8) is 0 Å². The second-order valence-electron chi connectivity index (χ2n) is 7.15. The molecule has 0 fully saturated rings. The number of anilines is 1. The van der Waals surface area contributed by atoms with E-state index in [4.69, 9.17) is 4.42 Å². The number of hydrogen-bond donors (Lipinski definition) is 1. The smallest absolute Gasteiger partial charge is 0.293 e. The SMILES string of the molecule is O=C(Nc1nc(-c2ccc3c(c2)CCCC3)cs1)c1cc(=O)c2ccccc2o1. The van der Waals surface area contributed by atoms with E-state index in [2.05, 4.69) is 28.5 Å². The second kappa shape index (κ2) is 7.29. The van der Waals surface area contributed by atoms with Crippen LogP contribution in [0.1, 0.15) is 34.5 Å². The van der Waals surface area contributed by atoms with Crippen molar-refractivity contribution in [1.82, 2.24) is 4.98 Å². The van der Waals surface area contributed by atoms with E-state index in [0.29, 0.717) is 16.1 Å². The maximum atomic E-state index is 12.6. The molecule has 2 aromatic carbocycles. The lowest BCUT2D eigenvalue weighted by Gasteiger charge is -2.16. The Morgan fingerprint density at radius 2 is 1.86 bits per heavy atom. The van der Waals surface area contributed by atoms with Gasteiger partial charge < -0.3 is 4.42 Å². The summed E-state index contributed by atoms with van der Waals surface area (Å²) in [4.78, 5) is 29.3. The van der Waals surface area contributed by atoms with Crippen LogP contribution in [0.25, 0.3) is 22.2 Å². The van der Waals surface area contributed by atoms with Crippen LogP contribution >= 0.6 is 11.3 Å². The summed E-state index contributed by atoms with van der Waals surface area (Å²) in [7, 11) is 0. The number of para-hydroxylation sites is 1. The minimum atomic E-state index is -0.487. The summed E-state index contributed by atoms with van der Waals surface area (Å²) in [6.07, 6.45) is 4.73. The number of aromatic nitrogens is 1. The third kappa shape index (κ3) is 3.47. The Hall–Kier alpha value is -3.25. The fraction of sp³-hybridized carbons (Fsp3) is 0.174. The zero-order chi connectivity index (χ0) is 19.8. The van der Waals surface area contributed by atoms with Gasteiger partial charge in [0.05, 0.1) is 11.1 Å². The summed E-state index contributed by atoms with van der Waals surface area (Å²) in [6, 6.07) is 14.6. The lowest BCUT2D eigenvalue weighted by atomic mass is 9.90. The molecule has 0 radical (unpaired) electrons. The van der Waals surface area contributed by atoms with Crippen LogP contribution in [0.5, 0.6) is 0 Å². The summed E-state index contributed by atoms with van der Waals surface area (Å²) in [5.74, 6) is -0.515. The summed E-state index contributed by atoms with van der Waals surface area (Å²) in [5, 5.41) is 5.59. The van der Waals surface area contributed by atoms with Crippen LogP contribution in [-0.2, 0) is 12.8 Å². The van der Waals surface area contributed by atoms with E-state index in [0.717, 1.165) is 24.1 Å². The molecule has 2 heterocycles. The van der Waals surface area contributed by atoms with Crippen LogP contribution in [0, 0.1) is 0 Å². The number of carbonyl (C=O) groups is 1. The number of hydrogen-bond acceptors (Lipinski definition) is 5. The van der Waals surface area contributed by atoms with E-state index in [1.54, 1.807) is 24.3 Å². The Morgan fingerprint density at radius 1 is 1.03 bits per heavy atom. The van der Waals surface area contributed by atoms with Crippen molar-refractivity contribution in [3.05, 3.63) is 81.0 Å². The highest BCUT2D eigenvalue weighted by Gasteiger charge is 2.16. The number of rotatable bonds is 3. The molecule has 144 valence electrons. The lowest BCUT2D eigenvalue weighted by molar-refractivity contribution is 0.0997. The first-order chi connectivity index (χ1) is 14.2. The molecule has 0 unspecified atom stereocenters. The molecule has 4 aromatic rings. The average molecular weight is 402 g/mol. The molecule has 1 N–H and O–H groups in total. The number of nitrogens with one attached hydrogen (secondary N) is 1. The van der Waals surface area contributed by atoms with E-state index in [9.17, 15) is 9.59 Å². The van der Waals surface area contributed by atoms with Gasteiger partial charge in [0.2, 0.25) is 0 Å². The topological polar surface area (TPSA) is 72.2 Å². The van der Waals surface area contributed by atoms with Crippen LogP contribution in [0.15, 0.2) is 63.1 Å². The van der Waals surface area contributed by atoms with Gasteiger partial charge in [-0.2, -0.15) is 0 Å². The quantitative estimate of drug-likeness (QED) is 0.521. The molecular formula is C23H18N2O3S. The van der Waals surface area contributed by atoms with Crippen LogP contribution in [0.4, 0.5) is 5.13 Å². The van der Waals surface area contributed by atoms with Crippen molar-refractivity contribution in [2.75, 3.05) is 5.32 Å². The molecule has 1 aliphatic carbocycles. The maximum Gasteiger partial charge on any atom is 0.293 e. The molecule has 29 heavy (non-hydrogen) atoms. The molecule has 0 atom stereocenters. The van der Waals surface area contributed by atoms with Gasteiger partial charge in [0.15, 0.2) is 16.3 Å². The van der Waals surface area contributed by atoms with Gasteiger partial charge in [-0.1, -0.05) is 24.3 Å². The first kappa shape index (κ1) is 17.8. The highest BCUT2D eigenvalue weighted by molar-refractivity contribution is 7.14. The van der Waals surface area contributed by atoms with Crippen molar-refractivity contribution >= 4 is 33.3 Å². The molecule has 5 rings (SSSR count). The number of aryl methyl sites for hydroxylation is 2. The standard InChI is InChI=1S/C23H18N2O3S/c26-19-12-21(28-20-8-4-3-7-17(19)20)22(27)25-23-24-18(13-29-23)16-10-9-14-5-1-2-6-15(14)11-16/h3-4,7-13H,1-2,5-6H2,(H,24,25,27). The Labute approximate surface area is 171 Å². The summed E-state index contributed by atoms with van der Waals surface area (Å²) in [5.41, 5.74) is 4.85. The fourth-order valence-corrected chi connectivity index (χ4v) is 4.45. The zero-order valence-corrected chi connectivity index (χ0v) is 16.4. The van der Waals surface area contributed by atoms with Crippen LogP contribution < -0.4 is 10.7 Å². The Balaban J connectivity index is 1.39. The molecule has 5 nitrogen and oxygen atoms in total. The first-order valence-electron chi connectivity index (χ1n) is 9.59. The molecule has 0 spiro atoms. The Bertz CT molecular complexity index is 1290. The number of thiazole rings is 1. The molecule has 1 aliphatic rings. The predicted octanol–water partition coefficient (Wildman–Crippen LogP) is 5.05. The van der Waals surface area contributed by atoms with Crippen molar-refractivity contribution in [3.8, 4) is 11.3 Å². The molecular weight excluding hydrogens is 384 g/mol. The van der Waals surface area contributed by atoms with Crippen LogP contribution in [0.2, 0.25) is 0 Å². The molecule has 0 saturated carbocycles. The monoisotopic (exact) mass is 402 g/mol. The van der Waals surface area contributed by atoms with E-state index in [-0.39, 0.29) is 11.2 Å². The summed E-state index contributed by atoms with van der Waals surface area (Å²) < 4.78 is 5.60. The van der Waals surface area contributed by atoms with Gasteiger partial charge >= 0.3 is 0 Å². The number of carbonyl (C=O) groups excluding carboxylic acids is 1. The highest BCUT2D eigenvalue weighted by atomic mass is 32.1. The zero-order valence-electron chi connectivity index (χ0n) is 15.6. The van der Waals surface area contributed by atoms with E-state index >= 15 is 0 Å². The normalized spacial score (nSPS) is 13.2. The lowest BCUT2D eigenvalue weighted by Crippen LogP contribution is -2.14. The van der Waals surface area contributed by atoms with Crippen molar-refractivity contribution < 1.29 is 9.21 Å². The summed E-state index contributed by atoms with van der Waals surface area (Å²) in [6.45, 7) is 0. The average Bonchev–Trinajstić information content (AvgIpc) is 3.22. The van der Waals surface area contributed by atoms with Gasteiger partial charge in [-0.3, -0.25) is 14.9 Å². The van der Waals surface area contributed by atoms with Gasteiger partial charge in [0.25, 0.3) is 5.91 Å². The van der Waals surface area contributed by atoms with Crippen molar-refractivity contribution in [2.24, 2.45) is 0 Å². The Morgan fingerprint density at radius 3 is 2.76 bits per heavy atom. The third-order valence-electron chi connectivity index (χ3n) is 5.23. The number of benzene rings is 2. The maximum absolute atomic E-state index is 12.6. The van der Waals surface area contributed by atoms with Crippen molar-refractivity contribution in [1.29, 1.82) is 0 Å². The van der Waals surface area contributed by atoms with Gasteiger partial charge in [-0.15, -0.1) is 11.3 Å². The number of nitrogens with zero attached hydrogens (tertiary/aromatic N) is 1. The highest BCUT2D eigenvalue weighted by Crippen LogP contribution is 2.29. The second-order valence-corrected chi connectivity index (χ2v) is 8.01. The van der Waals surface area contributed by atoms with Gasteiger partial charge in [0.1, 0.15) is 5.58 Å². The minimum Gasteiger partial charge on any atom is -0.451 e. The molecule has 0 bridgehead atoms. The Kier molecular flexibility index (Phi) is 4.48. The largest absolute Gasteiger partial charge is 0.451 e. The third-order valence-corrected chi connectivity index (χ3v) is 5.99. The van der Waals surface area contributed by atoms with Crippen LogP contribution in [-0.4, -0.2) is 10.9 Å². The number of fused-ring (bicyclic) bond motifs is 2. The van der Waals surface area contributed by atoms with Gasteiger partial charge in [-0.05, 0) is 55.0 Å². The van der Waals surface area contributed by atoms with Gasteiger partial charge in [-0.25, -0.2) is 4.98 Å².